The Balaban J connectivity index is 1.48. The van der Waals surface area contributed by atoms with Gasteiger partial charge in [0, 0.05) is 49.2 Å². The number of benzene rings is 1. The number of anilines is 2. The van der Waals surface area contributed by atoms with E-state index in [-0.39, 0.29) is 18.3 Å². The molecule has 0 radical (unpaired) electrons. The number of likely N-dealkylation sites (N-methyl/N-ethyl adjacent to an activating group) is 1. The lowest BCUT2D eigenvalue weighted by molar-refractivity contribution is 0.289. The number of piperazine rings is 1. The number of hydrogen-bond acceptors (Lipinski definition) is 7. The molecule has 0 unspecified atom stereocenters. The fourth-order valence-corrected chi connectivity index (χ4v) is 3.20. The van der Waals surface area contributed by atoms with Crippen molar-refractivity contribution in [2.75, 3.05) is 43.9 Å². The van der Waals surface area contributed by atoms with Crippen LogP contribution in [0.25, 0.3) is 11.3 Å². The zero-order valence-electron chi connectivity index (χ0n) is 16.3. The van der Waals surface area contributed by atoms with Crippen LogP contribution in [-0.2, 0) is 6.61 Å². The predicted molar refractivity (Wildman–Crippen MR) is 110 cm³/mol. The van der Waals surface area contributed by atoms with Gasteiger partial charge in [-0.2, -0.15) is 0 Å². The first-order chi connectivity index (χ1) is 14.1. The van der Waals surface area contributed by atoms with Gasteiger partial charge in [-0.15, -0.1) is 0 Å². The second-order valence-electron chi connectivity index (χ2n) is 7.04. The Bertz CT molecular complexity index is 973. The molecule has 0 amide bonds. The van der Waals surface area contributed by atoms with Crippen molar-refractivity contribution in [2.45, 2.75) is 6.61 Å². The maximum atomic E-state index is 13.7. The van der Waals surface area contributed by atoms with Crippen LogP contribution in [0.2, 0.25) is 0 Å². The van der Waals surface area contributed by atoms with E-state index in [2.05, 4.69) is 43.9 Å². The summed E-state index contributed by atoms with van der Waals surface area (Å²) in [6, 6.07) is 9.76. The van der Waals surface area contributed by atoms with Crippen LogP contribution in [0.5, 0.6) is 5.88 Å². The van der Waals surface area contributed by atoms with Crippen LogP contribution >= 0.6 is 0 Å². The Morgan fingerprint density at radius 3 is 2.55 bits per heavy atom. The van der Waals surface area contributed by atoms with Gasteiger partial charge in [-0.1, -0.05) is 12.1 Å². The first-order valence-corrected chi connectivity index (χ1v) is 9.48. The topological polar surface area (TPSA) is 80.4 Å². The van der Waals surface area contributed by atoms with Crippen molar-refractivity contribution < 1.29 is 9.13 Å². The third-order valence-corrected chi connectivity index (χ3v) is 5.02. The number of halogens is 1. The molecule has 0 spiro atoms. The van der Waals surface area contributed by atoms with E-state index in [1.54, 1.807) is 12.3 Å². The van der Waals surface area contributed by atoms with Gasteiger partial charge in [-0.25, -0.2) is 14.4 Å². The van der Waals surface area contributed by atoms with Crippen molar-refractivity contribution in [1.82, 2.24) is 19.9 Å². The van der Waals surface area contributed by atoms with Crippen LogP contribution in [0.1, 0.15) is 5.56 Å². The fraction of sp³-hybridized carbons (Fsp3) is 0.286. The highest BCUT2D eigenvalue weighted by molar-refractivity contribution is 5.64. The number of hydrogen-bond donors (Lipinski definition) is 1. The normalized spacial score (nSPS) is 14.8. The summed E-state index contributed by atoms with van der Waals surface area (Å²) in [6.07, 6.45) is 4.27. The number of nitrogen functional groups attached to an aromatic ring is 1. The fourth-order valence-electron chi connectivity index (χ4n) is 3.20. The van der Waals surface area contributed by atoms with Gasteiger partial charge in [-0.3, -0.25) is 4.98 Å². The van der Waals surface area contributed by atoms with E-state index in [0.717, 1.165) is 37.9 Å². The average molecular weight is 394 g/mol. The Labute approximate surface area is 169 Å². The van der Waals surface area contributed by atoms with Gasteiger partial charge in [0.15, 0.2) is 5.82 Å². The zero-order valence-corrected chi connectivity index (χ0v) is 16.3. The van der Waals surface area contributed by atoms with E-state index in [1.807, 2.05) is 12.1 Å². The van der Waals surface area contributed by atoms with E-state index in [4.69, 9.17) is 10.5 Å². The molecular weight excluding hydrogens is 371 g/mol. The Kier molecular flexibility index (Phi) is 5.53. The molecule has 0 saturated carbocycles. The van der Waals surface area contributed by atoms with Crippen LogP contribution in [0, 0.1) is 5.82 Å². The highest BCUT2D eigenvalue weighted by Crippen LogP contribution is 2.26. The van der Waals surface area contributed by atoms with Crippen molar-refractivity contribution >= 4 is 11.5 Å². The predicted octanol–water partition coefficient (Wildman–Crippen LogP) is 2.59. The summed E-state index contributed by atoms with van der Waals surface area (Å²) >= 11 is 0. The molecule has 4 rings (SSSR count). The van der Waals surface area contributed by atoms with Crippen molar-refractivity contribution in [2.24, 2.45) is 0 Å². The number of rotatable bonds is 5. The summed E-state index contributed by atoms with van der Waals surface area (Å²) in [5.74, 6) is -0.0891. The number of aromatic nitrogens is 3. The maximum absolute atomic E-state index is 13.7. The van der Waals surface area contributed by atoms with E-state index in [0.29, 0.717) is 11.3 Å². The van der Waals surface area contributed by atoms with Gasteiger partial charge >= 0.3 is 0 Å². The molecule has 0 aliphatic carbocycles. The molecule has 150 valence electrons. The second-order valence-corrected chi connectivity index (χ2v) is 7.04. The molecular formula is C21H23FN6O. The zero-order chi connectivity index (χ0) is 20.2. The Morgan fingerprint density at radius 1 is 1.07 bits per heavy atom. The molecule has 1 fully saturated rings. The smallest absolute Gasteiger partial charge is 0.258 e. The number of nitrogens with two attached hydrogens (primary N) is 1. The van der Waals surface area contributed by atoms with Crippen molar-refractivity contribution in [3.05, 3.63) is 60.3 Å². The van der Waals surface area contributed by atoms with Crippen molar-refractivity contribution in [1.29, 1.82) is 0 Å². The molecule has 1 aromatic carbocycles. The summed E-state index contributed by atoms with van der Waals surface area (Å²) in [5, 5.41) is 0. The molecule has 2 aromatic heterocycles. The third-order valence-electron chi connectivity index (χ3n) is 5.02. The minimum Gasteiger partial charge on any atom is -0.470 e. The summed E-state index contributed by atoms with van der Waals surface area (Å²) in [7, 11) is 2.14. The molecule has 0 atom stereocenters. The lowest BCUT2D eigenvalue weighted by Gasteiger charge is -2.34. The lowest BCUT2D eigenvalue weighted by Crippen LogP contribution is -2.44. The summed E-state index contributed by atoms with van der Waals surface area (Å²) < 4.78 is 19.3. The van der Waals surface area contributed by atoms with Crippen molar-refractivity contribution in [3.63, 3.8) is 0 Å². The molecule has 3 heterocycles. The summed E-state index contributed by atoms with van der Waals surface area (Å²) in [4.78, 5) is 17.1. The average Bonchev–Trinajstić information content (AvgIpc) is 2.75. The van der Waals surface area contributed by atoms with Gasteiger partial charge in [-0.05, 0) is 25.2 Å². The number of ether oxygens (including phenoxy) is 1. The highest BCUT2D eigenvalue weighted by Gasteiger charge is 2.15. The standard InChI is InChI=1S/C21H23FN6O/c1-27-8-10-28(11-9-27)17-4-2-15(3-5-17)19-13-25-20(23)21(26-19)29-14-16-6-7-24-12-18(16)22/h2-7,12-13H,8-11,14H2,1H3,(H2,23,25). The molecule has 3 aromatic rings. The van der Waals surface area contributed by atoms with Gasteiger partial charge in [0.1, 0.15) is 12.4 Å². The quantitative estimate of drug-likeness (QED) is 0.712. The highest BCUT2D eigenvalue weighted by atomic mass is 19.1. The SMILES string of the molecule is CN1CCN(c2ccc(-c3cnc(N)c(OCc4ccncc4F)n3)cc2)CC1. The number of pyridine rings is 1. The maximum Gasteiger partial charge on any atom is 0.258 e. The molecule has 29 heavy (non-hydrogen) atoms. The Hall–Kier alpha value is -3.26. The lowest BCUT2D eigenvalue weighted by atomic mass is 10.1. The second kappa shape index (κ2) is 8.40. The van der Waals surface area contributed by atoms with Crippen LogP contribution < -0.4 is 15.4 Å². The first-order valence-electron chi connectivity index (χ1n) is 9.48. The molecule has 0 bridgehead atoms. The first kappa shape index (κ1) is 19.1. The monoisotopic (exact) mass is 394 g/mol. The molecule has 7 nitrogen and oxygen atoms in total. The Morgan fingerprint density at radius 2 is 1.83 bits per heavy atom. The van der Waals surface area contributed by atoms with E-state index < -0.39 is 5.82 Å². The van der Waals surface area contributed by atoms with E-state index in [9.17, 15) is 4.39 Å². The minimum absolute atomic E-state index is 0.000961. The van der Waals surface area contributed by atoms with Crippen LogP contribution in [0.4, 0.5) is 15.9 Å². The largest absolute Gasteiger partial charge is 0.470 e. The van der Waals surface area contributed by atoms with E-state index in [1.165, 1.54) is 11.9 Å². The third kappa shape index (κ3) is 4.43. The van der Waals surface area contributed by atoms with Crippen LogP contribution in [0.15, 0.2) is 48.9 Å². The molecule has 1 aliphatic heterocycles. The molecule has 1 aliphatic rings. The van der Waals surface area contributed by atoms with Gasteiger partial charge in [0.2, 0.25) is 0 Å². The molecule has 2 N–H and O–H groups in total. The van der Waals surface area contributed by atoms with Crippen molar-refractivity contribution in [3.8, 4) is 17.1 Å². The minimum atomic E-state index is -0.435. The van der Waals surface area contributed by atoms with Crippen LogP contribution in [-0.4, -0.2) is 53.1 Å². The molecule has 1 saturated heterocycles. The summed E-state index contributed by atoms with van der Waals surface area (Å²) in [5.41, 5.74) is 9.01. The van der Waals surface area contributed by atoms with Crippen LogP contribution in [0.3, 0.4) is 0 Å². The van der Waals surface area contributed by atoms with E-state index >= 15 is 0 Å². The van der Waals surface area contributed by atoms with Gasteiger partial charge < -0.3 is 20.3 Å². The number of nitrogens with zero attached hydrogens (tertiary/aromatic N) is 5. The van der Waals surface area contributed by atoms with Gasteiger partial charge in [0.25, 0.3) is 5.88 Å². The molecule has 8 heteroatoms. The summed E-state index contributed by atoms with van der Waals surface area (Å²) in [6.45, 7) is 4.15. The van der Waals surface area contributed by atoms with Gasteiger partial charge in [0.05, 0.1) is 18.1 Å².